The number of anilines is 1. The Bertz CT molecular complexity index is 1490. The number of hydrogen-bond acceptors (Lipinski definition) is 4. The molecule has 0 aliphatic carbocycles. The second-order valence-electron chi connectivity index (χ2n) is 11.1. The van der Waals surface area contributed by atoms with E-state index in [9.17, 15) is 18.0 Å². The van der Waals surface area contributed by atoms with E-state index in [1.54, 1.807) is 61.5 Å². The topological polar surface area (TPSA) is 86.8 Å². The highest BCUT2D eigenvalue weighted by molar-refractivity contribution is 7.92. The van der Waals surface area contributed by atoms with Crippen LogP contribution in [0.5, 0.6) is 0 Å². The van der Waals surface area contributed by atoms with Crippen LogP contribution >= 0.6 is 23.2 Å². The molecule has 41 heavy (non-hydrogen) atoms. The van der Waals surface area contributed by atoms with Gasteiger partial charge in [-0.1, -0.05) is 60.0 Å². The van der Waals surface area contributed by atoms with Crippen LogP contribution in [0.2, 0.25) is 10.0 Å². The summed E-state index contributed by atoms with van der Waals surface area (Å²) >= 11 is 12.3. The van der Waals surface area contributed by atoms with Crippen molar-refractivity contribution in [1.82, 2.24) is 10.2 Å². The molecule has 0 aliphatic rings. The second kappa shape index (κ2) is 13.3. The van der Waals surface area contributed by atoms with E-state index >= 15 is 0 Å². The minimum Gasteiger partial charge on any atom is -0.350 e. The van der Waals surface area contributed by atoms with Gasteiger partial charge in [0, 0.05) is 22.1 Å². The van der Waals surface area contributed by atoms with Crippen molar-refractivity contribution in [1.29, 1.82) is 0 Å². The monoisotopic (exact) mass is 617 g/mol. The smallest absolute Gasteiger partial charge is 0.264 e. The van der Waals surface area contributed by atoms with Crippen molar-refractivity contribution >= 4 is 50.7 Å². The molecule has 220 valence electrons. The molecule has 0 unspecified atom stereocenters. The van der Waals surface area contributed by atoms with Crippen LogP contribution in [0.4, 0.5) is 5.69 Å². The Kier molecular flexibility index (Phi) is 10.5. The average molecular weight is 619 g/mol. The van der Waals surface area contributed by atoms with Gasteiger partial charge in [-0.3, -0.25) is 13.9 Å². The molecule has 0 saturated heterocycles. The van der Waals surface area contributed by atoms with Crippen molar-refractivity contribution in [3.63, 3.8) is 0 Å². The maximum absolute atomic E-state index is 14.2. The lowest BCUT2D eigenvalue weighted by Crippen LogP contribution is -2.55. The van der Waals surface area contributed by atoms with Gasteiger partial charge in [-0.25, -0.2) is 8.42 Å². The standard InChI is InChI=1S/C31H37Cl2N3O4S/c1-7-27(30(38)34-31(4,5)6)35(19-23-10-12-24(32)13-11-23)29(37)20-36(28-17-14-25(33)18-22(28)3)41(39,40)26-15-8-21(2)9-16-26/h8-18,27H,7,19-20H2,1-6H3,(H,34,38)/t27-/m0/s1. The largest absolute Gasteiger partial charge is 0.350 e. The number of halogens is 2. The summed E-state index contributed by atoms with van der Waals surface area (Å²) in [6.45, 7) is 10.6. The van der Waals surface area contributed by atoms with Crippen LogP contribution in [-0.2, 0) is 26.2 Å². The number of hydrogen-bond donors (Lipinski definition) is 1. The number of sulfonamides is 1. The van der Waals surface area contributed by atoms with Gasteiger partial charge < -0.3 is 10.2 Å². The predicted molar refractivity (Wildman–Crippen MR) is 166 cm³/mol. The Hall–Kier alpha value is -3.07. The molecule has 3 rings (SSSR count). The van der Waals surface area contributed by atoms with Gasteiger partial charge in [0.15, 0.2) is 0 Å². The van der Waals surface area contributed by atoms with Crippen LogP contribution in [-0.4, -0.2) is 43.3 Å². The van der Waals surface area contributed by atoms with E-state index in [2.05, 4.69) is 5.32 Å². The summed E-state index contributed by atoms with van der Waals surface area (Å²) in [6, 6.07) is 17.4. The molecular formula is C31H37Cl2N3O4S. The summed E-state index contributed by atoms with van der Waals surface area (Å²) in [5.74, 6) is -0.848. The Morgan fingerprint density at radius 1 is 0.902 bits per heavy atom. The molecule has 0 fully saturated rings. The molecule has 0 aromatic heterocycles. The van der Waals surface area contributed by atoms with Gasteiger partial charge in [-0.05, 0) is 94.6 Å². The first-order chi connectivity index (χ1) is 19.1. The molecule has 0 spiro atoms. The molecule has 3 aromatic rings. The highest BCUT2D eigenvalue weighted by atomic mass is 35.5. The van der Waals surface area contributed by atoms with Gasteiger partial charge in [0.05, 0.1) is 10.6 Å². The third-order valence-corrected chi connectivity index (χ3v) is 8.73. The van der Waals surface area contributed by atoms with E-state index in [1.807, 2.05) is 34.6 Å². The molecule has 3 aromatic carbocycles. The highest BCUT2D eigenvalue weighted by Crippen LogP contribution is 2.30. The Balaban J connectivity index is 2.10. The van der Waals surface area contributed by atoms with E-state index in [0.29, 0.717) is 27.7 Å². The first kappa shape index (κ1) is 32.4. The number of amides is 2. The van der Waals surface area contributed by atoms with Crippen LogP contribution in [0.1, 0.15) is 50.8 Å². The van der Waals surface area contributed by atoms with E-state index in [1.165, 1.54) is 17.0 Å². The van der Waals surface area contributed by atoms with Crippen LogP contribution < -0.4 is 9.62 Å². The van der Waals surface area contributed by atoms with Gasteiger partial charge >= 0.3 is 0 Å². The van der Waals surface area contributed by atoms with Crippen molar-refractivity contribution in [2.75, 3.05) is 10.8 Å². The predicted octanol–water partition coefficient (Wildman–Crippen LogP) is 6.53. The number of rotatable bonds is 10. The van der Waals surface area contributed by atoms with Crippen LogP contribution in [0.25, 0.3) is 0 Å². The van der Waals surface area contributed by atoms with Gasteiger partial charge in [0.1, 0.15) is 12.6 Å². The van der Waals surface area contributed by atoms with Gasteiger partial charge in [0.2, 0.25) is 11.8 Å². The van der Waals surface area contributed by atoms with Gasteiger partial charge in [-0.2, -0.15) is 0 Å². The third-order valence-electron chi connectivity index (χ3n) is 6.47. The maximum Gasteiger partial charge on any atom is 0.264 e. The van der Waals surface area contributed by atoms with Crippen LogP contribution in [0, 0.1) is 13.8 Å². The van der Waals surface area contributed by atoms with Crippen molar-refractivity contribution in [3.05, 3.63) is 93.5 Å². The lowest BCUT2D eigenvalue weighted by Gasteiger charge is -2.35. The first-order valence-corrected chi connectivity index (χ1v) is 15.5. The molecule has 1 atom stereocenters. The number of nitrogens with zero attached hydrogens (tertiary/aromatic N) is 2. The summed E-state index contributed by atoms with van der Waals surface area (Å²) in [7, 11) is -4.17. The van der Waals surface area contributed by atoms with Crippen LogP contribution in [0.15, 0.2) is 71.6 Å². The van der Waals surface area contributed by atoms with E-state index in [0.717, 1.165) is 15.4 Å². The number of aryl methyl sites for hydroxylation is 2. The lowest BCUT2D eigenvalue weighted by molar-refractivity contribution is -0.141. The van der Waals surface area contributed by atoms with Crippen molar-refractivity contribution in [3.8, 4) is 0 Å². The average Bonchev–Trinajstić information content (AvgIpc) is 2.87. The Morgan fingerprint density at radius 3 is 2.02 bits per heavy atom. The normalized spacial score (nSPS) is 12.5. The molecule has 7 nitrogen and oxygen atoms in total. The molecule has 0 heterocycles. The molecule has 0 radical (unpaired) electrons. The zero-order valence-electron chi connectivity index (χ0n) is 24.2. The summed E-state index contributed by atoms with van der Waals surface area (Å²) in [5, 5.41) is 3.95. The molecule has 0 saturated carbocycles. The first-order valence-electron chi connectivity index (χ1n) is 13.3. The van der Waals surface area contributed by atoms with Crippen molar-refractivity contribution in [2.24, 2.45) is 0 Å². The second-order valence-corrected chi connectivity index (χ2v) is 13.8. The van der Waals surface area contributed by atoms with Crippen LogP contribution in [0.3, 0.4) is 0 Å². The van der Waals surface area contributed by atoms with Gasteiger partial charge in [0.25, 0.3) is 10.0 Å². The SMILES string of the molecule is CC[C@@H](C(=O)NC(C)(C)C)N(Cc1ccc(Cl)cc1)C(=O)CN(c1ccc(Cl)cc1C)S(=O)(=O)c1ccc(C)cc1. The van der Waals surface area contributed by atoms with E-state index < -0.39 is 34.1 Å². The molecular weight excluding hydrogens is 581 g/mol. The highest BCUT2D eigenvalue weighted by Gasteiger charge is 2.35. The van der Waals surface area contributed by atoms with Gasteiger partial charge in [-0.15, -0.1) is 0 Å². The third kappa shape index (κ3) is 8.47. The van der Waals surface area contributed by atoms with Crippen molar-refractivity contribution in [2.45, 2.75) is 71.0 Å². The maximum atomic E-state index is 14.2. The van der Waals surface area contributed by atoms with E-state index in [4.69, 9.17) is 23.2 Å². The fourth-order valence-electron chi connectivity index (χ4n) is 4.41. The number of benzene rings is 3. The number of carbonyl (C=O) groups excluding carboxylic acids is 2. The minimum absolute atomic E-state index is 0.0482. The summed E-state index contributed by atoms with van der Waals surface area (Å²) in [6.07, 6.45) is 0.325. The number of carbonyl (C=O) groups is 2. The molecule has 0 bridgehead atoms. The molecule has 0 aliphatic heterocycles. The summed E-state index contributed by atoms with van der Waals surface area (Å²) < 4.78 is 29.1. The fraction of sp³-hybridized carbons (Fsp3) is 0.355. The Morgan fingerprint density at radius 2 is 1.49 bits per heavy atom. The summed E-state index contributed by atoms with van der Waals surface area (Å²) in [5.41, 5.74) is 2.03. The number of nitrogens with one attached hydrogen (secondary N) is 1. The van der Waals surface area contributed by atoms with E-state index in [-0.39, 0.29) is 17.3 Å². The molecule has 10 heteroatoms. The molecule has 1 N–H and O–H groups in total. The zero-order valence-corrected chi connectivity index (χ0v) is 26.6. The minimum atomic E-state index is -4.17. The molecule has 2 amide bonds. The fourth-order valence-corrected chi connectivity index (χ4v) is 6.24. The van der Waals surface area contributed by atoms with Crippen molar-refractivity contribution < 1.29 is 18.0 Å². The summed E-state index contributed by atoms with van der Waals surface area (Å²) in [4.78, 5) is 29.1. The quantitative estimate of drug-likeness (QED) is 0.280. The Labute approximate surface area is 253 Å². The zero-order chi connectivity index (χ0) is 30.5. The lowest BCUT2D eigenvalue weighted by atomic mass is 10.1.